The Bertz CT molecular complexity index is 557. The maximum absolute atomic E-state index is 12.1. The summed E-state index contributed by atoms with van der Waals surface area (Å²) in [5.74, 6) is 0.0578. The molecule has 0 aromatic heterocycles. The fourth-order valence-electron chi connectivity index (χ4n) is 2.99. The third kappa shape index (κ3) is 5.36. The van der Waals surface area contributed by atoms with Gasteiger partial charge >= 0.3 is 0 Å². The van der Waals surface area contributed by atoms with Gasteiger partial charge in [-0.1, -0.05) is 25.1 Å². The van der Waals surface area contributed by atoms with Crippen LogP contribution in [0.4, 0.5) is 5.69 Å². The number of aliphatic hydroxyl groups excluding tert-OH is 1. The molecule has 3 N–H and O–H groups in total. The van der Waals surface area contributed by atoms with E-state index in [2.05, 4.69) is 10.6 Å². The predicted octanol–water partition coefficient (Wildman–Crippen LogP) is 2.10. The summed E-state index contributed by atoms with van der Waals surface area (Å²) in [5, 5.41) is 15.1. The van der Waals surface area contributed by atoms with E-state index in [1.54, 1.807) is 6.92 Å². The standard InChI is InChI=1S/C18H26N2O3/c1-12(9-13(2)21)11-19-17(22)8-7-15-10-14-5-3-4-6-16(14)20-18(15)23/h3-6,12-13,15,21H,7-11H2,1-2H3,(H,19,22)(H,20,23). The van der Waals surface area contributed by atoms with Crippen molar-refractivity contribution in [2.45, 2.75) is 45.6 Å². The fourth-order valence-corrected chi connectivity index (χ4v) is 2.99. The number of amides is 2. The molecule has 1 aliphatic rings. The van der Waals surface area contributed by atoms with E-state index in [9.17, 15) is 14.7 Å². The first kappa shape index (κ1) is 17.5. The molecule has 1 aliphatic heterocycles. The van der Waals surface area contributed by atoms with Crippen molar-refractivity contribution in [3.8, 4) is 0 Å². The number of fused-ring (bicyclic) bond motifs is 1. The van der Waals surface area contributed by atoms with Crippen LogP contribution in [0.25, 0.3) is 0 Å². The summed E-state index contributed by atoms with van der Waals surface area (Å²) in [5.41, 5.74) is 2.01. The monoisotopic (exact) mass is 318 g/mol. The van der Waals surface area contributed by atoms with E-state index in [1.807, 2.05) is 31.2 Å². The van der Waals surface area contributed by atoms with Crippen LogP contribution in [-0.4, -0.2) is 29.6 Å². The molecule has 0 aliphatic carbocycles. The summed E-state index contributed by atoms with van der Waals surface area (Å²) < 4.78 is 0. The van der Waals surface area contributed by atoms with Crippen molar-refractivity contribution in [3.05, 3.63) is 29.8 Å². The Morgan fingerprint density at radius 3 is 2.87 bits per heavy atom. The lowest BCUT2D eigenvalue weighted by molar-refractivity contribution is -0.123. The molecular formula is C18H26N2O3. The van der Waals surface area contributed by atoms with E-state index in [0.29, 0.717) is 32.2 Å². The van der Waals surface area contributed by atoms with Gasteiger partial charge in [-0.25, -0.2) is 0 Å². The molecule has 1 heterocycles. The third-order valence-corrected chi connectivity index (χ3v) is 4.22. The van der Waals surface area contributed by atoms with Gasteiger partial charge in [0.1, 0.15) is 0 Å². The highest BCUT2D eigenvalue weighted by atomic mass is 16.3. The average Bonchev–Trinajstić information content (AvgIpc) is 2.50. The highest BCUT2D eigenvalue weighted by molar-refractivity contribution is 5.96. The Morgan fingerprint density at radius 1 is 1.39 bits per heavy atom. The molecule has 3 unspecified atom stereocenters. The van der Waals surface area contributed by atoms with Crippen LogP contribution >= 0.6 is 0 Å². The van der Waals surface area contributed by atoms with Crippen LogP contribution in [-0.2, 0) is 16.0 Å². The summed E-state index contributed by atoms with van der Waals surface area (Å²) in [6.45, 7) is 4.31. The summed E-state index contributed by atoms with van der Waals surface area (Å²) in [4.78, 5) is 24.0. The SMILES string of the molecule is CC(O)CC(C)CNC(=O)CCC1Cc2ccccc2NC1=O. The Balaban J connectivity index is 1.75. The third-order valence-electron chi connectivity index (χ3n) is 4.22. The molecule has 2 amide bonds. The Morgan fingerprint density at radius 2 is 2.13 bits per heavy atom. The Labute approximate surface area is 137 Å². The van der Waals surface area contributed by atoms with Crippen molar-refractivity contribution < 1.29 is 14.7 Å². The molecule has 2 rings (SSSR count). The molecule has 0 saturated heterocycles. The van der Waals surface area contributed by atoms with Gasteiger partial charge in [0.2, 0.25) is 11.8 Å². The second-order valence-electron chi connectivity index (χ2n) is 6.58. The van der Waals surface area contributed by atoms with Gasteiger partial charge in [0.05, 0.1) is 6.10 Å². The highest BCUT2D eigenvalue weighted by Gasteiger charge is 2.26. The summed E-state index contributed by atoms with van der Waals surface area (Å²) in [6.07, 6.45) is 1.90. The van der Waals surface area contributed by atoms with Crippen molar-refractivity contribution >= 4 is 17.5 Å². The first-order chi connectivity index (χ1) is 11.0. The van der Waals surface area contributed by atoms with Gasteiger partial charge in [0.25, 0.3) is 0 Å². The topological polar surface area (TPSA) is 78.4 Å². The smallest absolute Gasteiger partial charge is 0.227 e. The molecule has 0 saturated carbocycles. The van der Waals surface area contributed by atoms with E-state index >= 15 is 0 Å². The minimum absolute atomic E-state index is 0.000951. The van der Waals surface area contributed by atoms with Crippen molar-refractivity contribution in [1.82, 2.24) is 5.32 Å². The van der Waals surface area contributed by atoms with Crippen LogP contribution in [0.15, 0.2) is 24.3 Å². The van der Waals surface area contributed by atoms with Crippen molar-refractivity contribution in [2.75, 3.05) is 11.9 Å². The summed E-state index contributed by atoms with van der Waals surface area (Å²) in [6, 6.07) is 7.78. The van der Waals surface area contributed by atoms with Gasteiger partial charge in [0, 0.05) is 24.6 Å². The van der Waals surface area contributed by atoms with Gasteiger partial charge < -0.3 is 15.7 Å². The fraction of sp³-hybridized carbons (Fsp3) is 0.556. The molecule has 0 bridgehead atoms. The van der Waals surface area contributed by atoms with Crippen molar-refractivity contribution in [1.29, 1.82) is 0 Å². The van der Waals surface area contributed by atoms with Gasteiger partial charge in [-0.05, 0) is 43.7 Å². The zero-order valence-corrected chi connectivity index (χ0v) is 13.8. The number of hydrogen-bond donors (Lipinski definition) is 3. The van der Waals surface area contributed by atoms with Gasteiger partial charge in [-0.3, -0.25) is 9.59 Å². The lowest BCUT2D eigenvalue weighted by Gasteiger charge is -2.24. The maximum atomic E-state index is 12.1. The summed E-state index contributed by atoms with van der Waals surface area (Å²) in [7, 11) is 0. The van der Waals surface area contributed by atoms with Crippen LogP contribution < -0.4 is 10.6 Å². The second kappa shape index (κ2) is 8.11. The maximum Gasteiger partial charge on any atom is 0.227 e. The van der Waals surface area contributed by atoms with Crippen LogP contribution in [0, 0.1) is 11.8 Å². The predicted molar refractivity (Wildman–Crippen MR) is 90.0 cm³/mol. The quantitative estimate of drug-likeness (QED) is 0.720. The van der Waals surface area contributed by atoms with E-state index in [0.717, 1.165) is 11.3 Å². The zero-order valence-electron chi connectivity index (χ0n) is 13.8. The minimum atomic E-state index is -0.354. The molecule has 1 aromatic carbocycles. The first-order valence-electron chi connectivity index (χ1n) is 8.29. The Kier molecular flexibility index (Phi) is 6.16. The lowest BCUT2D eigenvalue weighted by Crippen LogP contribution is -2.33. The molecule has 126 valence electrons. The first-order valence-corrected chi connectivity index (χ1v) is 8.29. The van der Waals surface area contributed by atoms with E-state index in [4.69, 9.17) is 0 Å². The average molecular weight is 318 g/mol. The van der Waals surface area contributed by atoms with E-state index in [1.165, 1.54) is 0 Å². The van der Waals surface area contributed by atoms with Crippen LogP contribution in [0.2, 0.25) is 0 Å². The molecule has 5 heteroatoms. The number of para-hydroxylation sites is 1. The lowest BCUT2D eigenvalue weighted by atomic mass is 9.89. The van der Waals surface area contributed by atoms with Crippen molar-refractivity contribution in [2.24, 2.45) is 11.8 Å². The van der Waals surface area contributed by atoms with Crippen LogP contribution in [0.1, 0.15) is 38.7 Å². The normalized spacial score (nSPS) is 19.4. The summed E-state index contributed by atoms with van der Waals surface area (Å²) >= 11 is 0. The van der Waals surface area contributed by atoms with Gasteiger partial charge in [-0.2, -0.15) is 0 Å². The number of benzene rings is 1. The molecular weight excluding hydrogens is 292 g/mol. The minimum Gasteiger partial charge on any atom is -0.393 e. The second-order valence-corrected chi connectivity index (χ2v) is 6.58. The van der Waals surface area contributed by atoms with Gasteiger partial charge in [-0.15, -0.1) is 0 Å². The highest BCUT2D eigenvalue weighted by Crippen LogP contribution is 2.27. The van der Waals surface area contributed by atoms with Gasteiger partial charge in [0.15, 0.2) is 0 Å². The molecule has 0 radical (unpaired) electrons. The number of aliphatic hydroxyl groups is 1. The number of hydrogen-bond acceptors (Lipinski definition) is 3. The number of carbonyl (C=O) groups excluding carboxylic acids is 2. The number of anilines is 1. The molecule has 5 nitrogen and oxygen atoms in total. The zero-order chi connectivity index (χ0) is 16.8. The Hall–Kier alpha value is -1.88. The molecule has 1 aromatic rings. The molecule has 3 atom stereocenters. The van der Waals surface area contributed by atoms with Crippen LogP contribution in [0.5, 0.6) is 0 Å². The van der Waals surface area contributed by atoms with E-state index in [-0.39, 0.29) is 29.8 Å². The number of nitrogens with one attached hydrogen (secondary N) is 2. The van der Waals surface area contributed by atoms with Crippen LogP contribution in [0.3, 0.4) is 0 Å². The largest absolute Gasteiger partial charge is 0.393 e. The van der Waals surface area contributed by atoms with E-state index < -0.39 is 0 Å². The molecule has 23 heavy (non-hydrogen) atoms. The molecule has 0 spiro atoms. The number of rotatable bonds is 7. The molecule has 0 fully saturated rings. The number of carbonyl (C=O) groups is 2. The van der Waals surface area contributed by atoms with Crippen molar-refractivity contribution in [3.63, 3.8) is 0 Å².